The largest absolute Gasteiger partial charge is 0.461 e. The van der Waals surface area contributed by atoms with E-state index in [1.165, 1.54) is 24.3 Å². The molecule has 0 radical (unpaired) electrons. The first-order valence-electron chi connectivity index (χ1n) is 4.11. The Morgan fingerprint density at radius 2 is 1.59 bits per heavy atom. The van der Waals surface area contributed by atoms with Gasteiger partial charge in [0.15, 0.2) is 5.30 Å². The smallest absolute Gasteiger partial charge is 0.147 e. The molecule has 0 saturated carbocycles. The van der Waals surface area contributed by atoms with E-state index in [9.17, 15) is 16.8 Å². The van der Waals surface area contributed by atoms with Crippen molar-refractivity contribution in [2.45, 2.75) is 0 Å². The van der Waals surface area contributed by atoms with Crippen LogP contribution in [0.3, 0.4) is 0 Å². The molecule has 92 valence electrons. The number of halogens is 5. The first-order valence-corrected chi connectivity index (χ1v) is 8.69. The maximum absolute atomic E-state index is 13.0. The topological polar surface area (TPSA) is 37.1 Å². The minimum Gasteiger partial charge on any atom is -0.147 e. The van der Waals surface area contributed by atoms with Crippen molar-refractivity contribution in [3.05, 3.63) is 29.3 Å². The van der Waals surface area contributed by atoms with Gasteiger partial charge in [-0.25, -0.2) is 0 Å². The molecule has 1 heterocycles. The molecular formula is C6H4ClF4N3P3+. The molecule has 2 rings (SSSR count). The highest BCUT2D eigenvalue weighted by Crippen LogP contribution is 2.75. The second kappa shape index (κ2) is 4.47. The molecule has 1 aromatic rings. The Labute approximate surface area is 100 Å². The molecule has 0 N–H and O–H groups in total. The summed E-state index contributed by atoms with van der Waals surface area (Å²) < 4.78 is 60.1. The molecule has 0 spiro atoms. The van der Waals surface area contributed by atoms with E-state index < -0.39 is 23.5 Å². The van der Waals surface area contributed by atoms with E-state index in [4.69, 9.17) is 11.6 Å². The zero-order valence-electron chi connectivity index (χ0n) is 7.88. The van der Waals surface area contributed by atoms with Crippen LogP contribution in [0.4, 0.5) is 16.8 Å². The molecule has 17 heavy (non-hydrogen) atoms. The quantitative estimate of drug-likeness (QED) is 0.428. The molecule has 1 aliphatic rings. The van der Waals surface area contributed by atoms with E-state index in [0.717, 1.165) is 0 Å². The average Bonchev–Trinajstić information content (AvgIpc) is 2.13. The molecule has 1 aliphatic heterocycles. The minimum atomic E-state index is -5.24. The Morgan fingerprint density at radius 1 is 1.00 bits per heavy atom. The monoisotopic (exact) mass is 322 g/mol. The average molecular weight is 322 g/mol. The van der Waals surface area contributed by atoms with Gasteiger partial charge in [0, 0.05) is 14.1 Å². The van der Waals surface area contributed by atoms with Crippen LogP contribution in [0, 0.1) is 0 Å². The lowest BCUT2D eigenvalue weighted by Crippen LogP contribution is -1.93. The normalized spacial score (nSPS) is 23.2. The molecule has 0 fully saturated rings. The van der Waals surface area contributed by atoms with Crippen LogP contribution in [-0.4, -0.2) is 0 Å². The molecule has 0 bridgehead atoms. The van der Waals surface area contributed by atoms with Crippen molar-refractivity contribution in [2.75, 3.05) is 0 Å². The third-order valence-corrected chi connectivity index (χ3v) is 7.47. The lowest BCUT2D eigenvalue weighted by molar-refractivity contribution is 0.702. The second-order valence-corrected chi connectivity index (χ2v) is 8.45. The fourth-order valence-corrected chi connectivity index (χ4v) is 6.49. The van der Waals surface area contributed by atoms with Crippen LogP contribution in [0.25, 0.3) is 0 Å². The molecule has 1 atom stereocenters. The van der Waals surface area contributed by atoms with Gasteiger partial charge in [0.2, 0.25) is 0 Å². The molecule has 0 saturated heterocycles. The molecule has 1 unspecified atom stereocenters. The van der Waals surface area contributed by atoms with Gasteiger partial charge in [-0.15, -0.1) is 21.3 Å². The summed E-state index contributed by atoms with van der Waals surface area (Å²) in [5.41, 5.74) is 0. The maximum Gasteiger partial charge on any atom is 0.461 e. The van der Waals surface area contributed by atoms with Gasteiger partial charge in [-0.1, -0.05) is 11.6 Å². The van der Waals surface area contributed by atoms with Gasteiger partial charge in [0.1, 0.15) is 0 Å². The van der Waals surface area contributed by atoms with E-state index >= 15 is 0 Å². The number of benzene rings is 1. The van der Waals surface area contributed by atoms with Crippen molar-refractivity contribution in [2.24, 2.45) is 13.5 Å². The molecule has 0 amide bonds. The number of nitrogens with zero attached hydrogens (tertiary/aromatic N) is 3. The van der Waals surface area contributed by atoms with Gasteiger partial charge in [-0.3, -0.25) is 0 Å². The Morgan fingerprint density at radius 3 is 2.12 bits per heavy atom. The van der Waals surface area contributed by atoms with Crippen LogP contribution < -0.4 is 5.30 Å². The fourth-order valence-electron chi connectivity index (χ4n) is 1.06. The highest BCUT2D eigenvalue weighted by Gasteiger charge is 2.40. The second-order valence-electron chi connectivity index (χ2n) is 2.95. The summed E-state index contributed by atoms with van der Waals surface area (Å²) >= 11 is 5.61. The first-order chi connectivity index (χ1) is 7.77. The van der Waals surface area contributed by atoms with Crippen molar-refractivity contribution in [3.63, 3.8) is 0 Å². The zero-order valence-corrected chi connectivity index (χ0v) is 11.3. The van der Waals surface area contributed by atoms with Gasteiger partial charge in [0.25, 0.3) is 0 Å². The molecular weight excluding hydrogens is 318 g/mol. The van der Waals surface area contributed by atoms with Gasteiger partial charge in [0.05, 0.1) is 0 Å². The highest BCUT2D eigenvalue weighted by atomic mass is 35.5. The van der Waals surface area contributed by atoms with Crippen LogP contribution in [0.2, 0.25) is 5.02 Å². The highest BCUT2D eigenvalue weighted by molar-refractivity contribution is 7.77. The maximum atomic E-state index is 13.0. The van der Waals surface area contributed by atoms with Crippen LogP contribution in [-0.2, 0) is 0 Å². The van der Waals surface area contributed by atoms with Gasteiger partial charge >= 0.3 is 23.5 Å². The third-order valence-electron chi connectivity index (χ3n) is 1.66. The molecule has 3 nitrogen and oxygen atoms in total. The van der Waals surface area contributed by atoms with Crippen LogP contribution >= 0.6 is 35.1 Å². The summed E-state index contributed by atoms with van der Waals surface area (Å²) in [6.45, 7) is 0. The molecule has 11 heteroatoms. The summed E-state index contributed by atoms with van der Waals surface area (Å²) in [5, 5.41) is 0.604. The fraction of sp³-hybridized carbons (Fsp3) is 0. The Hall–Kier alpha value is -0.210. The summed E-state index contributed by atoms with van der Waals surface area (Å²) in [7, 11) is -12.7. The Balaban J connectivity index is 2.55. The number of hydrogen-bond acceptors (Lipinski definition) is 3. The molecule has 0 aliphatic carbocycles. The van der Waals surface area contributed by atoms with Gasteiger partial charge in [-0.05, 0) is 24.3 Å². The minimum absolute atomic E-state index is 0.221. The van der Waals surface area contributed by atoms with Gasteiger partial charge in [-0.2, -0.15) is 0 Å². The van der Waals surface area contributed by atoms with Gasteiger partial charge < -0.3 is 0 Å². The number of hydrogen-bond donors (Lipinski definition) is 0. The first kappa shape index (κ1) is 13.2. The van der Waals surface area contributed by atoms with Crippen molar-refractivity contribution >= 4 is 40.4 Å². The molecule has 1 aromatic carbocycles. The van der Waals surface area contributed by atoms with E-state index in [1.54, 1.807) is 0 Å². The summed E-state index contributed by atoms with van der Waals surface area (Å²) in [4.78, 5) is 0. The Bertz CT molecular complexity index is 580. The Kier molecular flexibility index (Phi) is 3.48. The summed E-state index contributed by atoms with van der Waals surface area (Å²) in [5.74, 6) is 0. The SMILES string of the molecule is FP1(F)=N[P+](c2ccc(Cl)cc2)=NP(F)(F)=N1. The van der Waals surface area contributed by atoms with Crippen molar-refractivity contribution in [1.82, 2.24) is 0 Å². The van der Waals surface area contributed by atoms with E-state index in [2.05, 4.69) is 13.5 Å². The van der Waals surface area contributed by atoms with Crippen molar-refractivity contribution in [1.29, 1.82) is 0 Å². The zero-order chi connectivity index (χ0) is 12.7. The van der Waals surface area contributed by atoms with E-state index in [1.807, 2.05) is 0 Å². The van der Waals surface area contributed by atoms with E-state index in [-0.39, 0.29) is 5.30 Å². The summed E-state index contributed by atoms with van der Waals surface area (Å²) in [6, 6.07) is 5.57. The number of rotatable bonds is 1. The summed E-state index contributed by atoms with van der Waals surface area (Å²) in [6.07, 6.45) is 0. The lowest BCUT2D eigenvalue weighted by Gasteiger charge is -2.01. The lowest BCUT2D eigenvalue weighted by atomic mass is 10.4. The van der Waals surface area contributed by atoms with Crippen LogP contribution in [0.1, 0.15) is 0 Å². The van der Waals surface area contributed by atoms with Crippen LogP contribution in [0.15, 0.2) is 37.8 Å². The third kappa shape index (κ3) is 3.38. The predicted molar refractivity (Wildman–Crippen MR) is 63.6 cm³/mol. The van der Waals surface area contributed by atoms with Crippen molar-refractivity contribution < 1.29 is 16.8 Å². The van der Waals surface area contributed by atoms with Crippen molar-refractivity contribution in [3.8, 4) is 0 Å². The molecule has 0 aromatic heterocycles. The van der Waals surface area contributed by atoms with Crippen LogP contribution in [0.5, 0.6) is 0 Å². The predicted octanol–water partition coefficient (Wildman–Crippen LogP) is 6.33. The standard InChI is InChI=1S/C6H4ClF4N3P3/c7-5-1-3-6(4-2-5)15-12-16(8,9)14-17(10,11)13-15/h1-4H/q+1. The van der Waals surface area contributed by atoms with E-state index in [0.29, 0.717) is 5.02 Å².